The van der Waals surface area contributed by atoms with E-state index in [2.05, 4.69) is 10.00 Å². The highest BCUT2D eigenvalue weighted by Crippen LogP contribution is 2.24. The average Bonchev–Trinajstić information content (AvgIpc) is 2.94. The van der Waals surface area contributed by atoms with Crippen LogP contribution in [-0.2, 0) is 7.05 Å². The van der Waals surface area contributed by atoms with E-state index in [1.165, 1.54) is 25.6 Å². The third-order valence-electron chi connectivity index (χ3n) is 3.97. The fourth-order valence-corrected chi connectivity index (χ4v) is 3.22. The molecule has 0 aromatic carbocycles. The lowest BCUT2D eigenvalue weighted by Gasteiger charge is -2.37. The normalized spacial score (nSPS) is 24.3. The van der Waals surface area contributed by atoms with Gasteiger partial charge >= 0.3 is 0 Å². The van der Waals surface area contributed by atoms with Crippen LogP contribution in [0.2, 0.25) is 5.02 Å². The minimum Gasteiger partial charge on any atom is -0.334 e. The van der Waals surface area contributed by atoms with Crippen LogP contribution in [0.5, 0.6) is 0 Å². The fraction of sp³-hybridized carbons (Fsp3) is 0.667. The zero-order chi connectivity index (χ0) is 12.7. The van der Waals surface area contributed by atoms with Crippen LogP contribution in [0.25, 0.3) is 0 Å². The average molecular weight is 269 g/mol. The monoisotopic (exact) mass is 268 g/mol. The molecule has 0 spiro atoms. The lowest BCUT2D eigenvalue weighted by Crippen LogP contribution is -2.52. The second-order valence-electron chi connectivity index (χ2n) is 5.05. The Morgan fingerprint density at radius 2 is 2.28 bits per heavy atom. The molecule has 18 heavy (non-hydrogen) atoms. The maximum atomic E-state index is 12.5. The molecule has 0 saturated carbocycles. The van der Waals surface area contributed by atoms with Crippen LogP contribution in [0.4, 0.5) is 0 Å². The van der Waals surface area contributed by atoms with Crippen LogP contribution in [0.1, 0.15) is 23.3 Å². The molecule has 2 aliphatic heterocycles. The first-order chi connectivity index (χ1) is 8.66. The molecule has 3 heterocycles. The molecule has 1 aromatic heterocycles. The van der Waals surface area contributed by atoms with E-state index >= 15 is 0 Å². The number of aromatic nitrogens is 2. The summed E-state index contributed by atoms with van der Waals surface area (Å²) in [5, 5.41) is 4.47. The number of hydrogen-bond acceptors (Lipinski definition) is 3. The first-order valence-electron chi connectivity index (χ1n) is 6.37. The summed E-state index contributed by atoms with van der Waals surface area (Å²) in [5.74, 6) is 0.00606. The number of amides is 1. The predicted octanol–water partition coefficient (Wildman–Crippen LogP) is 0.994. The maximum absolute atomic E-state index is 12.5. The minimum absolute atomic E-state index is 0.00606. The summed E-state index contributed by atoms with van der Waals surface area (Å²) < 4.78 is 1.56. The molecule has 6 heteroatoms. The highest BCUT2D eigenvalue weighted by atomic mass is 35.5. The zero-order valence-corrected chi connectivity index (χ0v) is 11.2. The van der Waals surface area contributed by atoms with E-state index in [1.54, 1.807) is 11.7 Å². The van der Waals surface area contributed by atoms with Gasteiger partial charge in [0.2, 0.25) is 0 Å². The Hall–Kier alpha value is -1.07. The van der Waals surface area contributed by atoms with E-state index in [4.69, 9.17) is 11.6 Å². The third kappa shape index (κ3) is 1.91. The van der Waals surface area contributed by atoms with Crippen molar-refractivity contribution in [1.82, 2.24) is 19.6 Å². The van der Waals surface area contributed by atoms with Gasteiger partial charge in [-0.05, 0) is 19.4 Å². The number of carbonyl (C=O) groups is 1. The first kappa shape index (κ1) is 12.0. The number of piperazine rings is 1. The molecule has 0 unspecified atom stereocenters. The Balaban J connectivity index is 1.77. The molecule has 0 N–H and O–H groups in total. The van der Waals surface area contributed by atoms with Gasteiger partial charge in [-0.15, -0.1) is 0 Å². The van der Waals surface area contributed by atoms with Crippen LogP contribution in [-0.4, -0.2) is 57.7 Å². The molecule has 2 saturated heterocycles. The molecule has 0 aliphatic carbocycles. The van der Waals surface area contributed by atoms with Crippen LogP contribution >= 0.6 is 11.6 Å². The number of aryl methyl sites for hydroxylation is 1. The second kappa shape index (κ2) is 4.55. The number of rotatable bonds is 1. The minimum atomic E-state index is 0.00606. The molecule has 98 valence electrons. The van der Waals surface area contributed by atoms with Gasteiger partial charge in [0, 0.05) is 32.7 Å². The molecule has 1 aromatic rings. The third-order valence-corrected chi connectivity index (χ3v) is 4.25. The van der Waals surface area contributed by atoms with Crippen molar-refractivity contribution < 1.29 is 4.79 Å². The topological polar surface area (TPSA) is 41.4 Å². The van der Waals surface area contributed by atoms with Crippen LogP contribution in [0.3, 0.4) is 0 Å². The first-order valence-corrected chi connectivity index (χ1v) is 6.75. The van der Waals surface area contributed by atoms with E-state index < -0.39 is 0 Å². The summed E-state index contributed by atoms with van der Waals surface area (Å²) in [5.41, 5.74) is 0.503. The van der Waals surface area contributed by atoms with Crippen molar-refractivity contribution in [2.45, 2.75) is 18.9 Å². The number of halogens is 1. The number of carbonyl (C=O) groups excluding carboxylic acids is 1. The van der Waals surface area contributed by atoms with Crippen molar-refractivity contribution in [3.05, 3.63) is 16.9 Å². The van der Waals surface area contributed by atoms with Gasteiger partial charge in [0.15, 0.2) is 0 Å². The molecule has 2 fully saturated rings. The predicted molar refractivity (Wildman–Crippen MR) is 68.7 cm³/mol. The molecular formula is C12H17ClN4O. The van der Waals surface area contributed by atoms with E-state index in [-0.39, 0.29) is 5.91 Å². The summed E-state index contributed by atoms with van der Waals surface area (Å²) in [6.07, 6.45) is 3.97. The molecule has 0 radical (unpaired) electrons. The SMILES string of the molecule is Cn1ncc(Cl)c1C(=O)N1CCN2CCC[C@H]2C1. The number of nitrogens with zero attached hydrogens (tertiary/aromatic N) is 4. The summed E-state index contributed by atoms with van der Waals surface area (Å²) >= 11 is 6.03. The quantitative estimate of drug-likeness (QED) is 0.763. The Labute approximate surface area is 111 Å². The van der Waals surface area contributed by atoms with Gasteiger partial charge in [0.05, 0.1) is 11.2 Å². The highest BCUT2D eigenvalue weighted by Gasteiger charge is 2.34. The standard InChI is InChI=1S/C12H17ClN4O/c1-15-11(10(13)7-14-15)12(18)17-6-5-16-4-2-3-9(16)8-17/h7,9H,2-6,8H2,1H3/t9-/m0/s1. The van der Waals surface area contributed by atoms with E-state index in [1.807, 2.05) is 4.90 Å². The Morgan fingerprint density at radius 1 is 1.44 bits per heavy atom. The van der Waals surface area contributed by atoms with Crippen molar-refractivity contribution in [3.63, 3.8) is 0 Å². The van der Waals surface area contributed by atoms with Gasteiger partial charge in [-0.25, -0.2) is 0 Å². The second-order valence-corrected chi connectivity index (χ2v) is 5.46. The summed E-state index contributed by atoms with van der Waals surface area (Å²) in [6, 6.07) is 0.537. The van der Waals surface area contributed by atoms with Gasteiger partial charge in [0.25, 0.3) is 5.91 Å². The Kier molecular flexibility index (Phi) is 3.03. The van der Waals surface area contributed by atoms with Crippen molar-refractivity contribution in [3.8, 4) is 0 Å². The van der Waals surface area contributed by atoms with Crippen molar-refractivity contribution >= 4 is 17.5 Å². The zero-order valence-electron chi connectivity index (χ0n) is 10.5. The van der Waals surface area contributed by atoms with Crippen molar-refractivity contribution in [2.75, 3.05) is 26.2 Å². The Bertz CT molecular complexity index is 453. The van der Waals surface area contributed by atoms with Gasteiger partial charge in [-0.3, -0.25) is 14.4 Å². The fourth-order valence-electron chi connectivity index (χ4n) is 2.98. The molecular weight excluding hydrogens is 252 g/mol. The number of fused-ring (bicyclic) bond motifs is 1. The summed E-state index contributed by atoms with van der Waals surface area (Å²) in [4.78, 5) is 16.8. The molecule has 0 bridgehead atoms. The molecule has 5 nitrogen and oxygen atoms in total. The van der Waals surface area contributed by atoms with Crippen molar-refractivity contribution in [2.24, 2.45) is 7.05 Å². The lowest BCUT2D eigenvalue weighted by atomic mass is 10.1. The Morgan fingerprint density at radius 3 is 3.00 bits per heavy atom. The highest BCUT2D eigenvalue weighted by molar-refractivity contribution is 6.33. The van der Waals surface area contributed by atoms with Gasteiger partial charge in [0.1, 0.15) is 5.69 Å². The lowest BCUT2D eigenvalue weighted by molar-refractivity contribution is 0.0561. The number of hydrogen-bond donors (Lipinski definition) is 0. The van der Waals surface area contributed by atoms with Crippen LogP contribution < -0.4 is 0 Å². The molecule has 1 amide bonds. The van der Waals surface area contributed by atoms with Gasteiger partial charge < -0.3 is 4.90 Å². The van der Waals surface area contributed by atoms with E-state index in [9.17, 15) is 4.79 Å². The summed E-state index contributed by atoms with van der Waals surface area (Å²) in [7, 11) is 1.75. The van der Waals surface area contributed by atoms with E-state index in [0.717, 1.165) is 19.6 Å². The van der Waals surface area contributed by atoms with Crippen LogP contribution in [0, 0.1) is 0 Å². The van der Waals surface area contributed by atoms with Crippen LogP contribution in [0.15, 0.2) is 6.20 Å². The molecule has 3 rings (SSSR count). The maximum Gasteiger partial charge on any atom is 0.273 e. The van der Waals surface area contributed by atoms with Crippen molar-refractivity contribution in [1.29, 1.82) is 0 Å². The van der Waals surface area contributed by atoms with E-state index in [0.29, 0.717) is 16.8 Å². The van der Waals surface area contributed by atoms with Gasteiger partial charge in [-0.1, -0.05) is 11.6 Å². The molecule has 2 aliphatic rings. The summed E-state index contributed by atoms with van der Waals surface area (Å²) in [6.45, 7) is 3.77. The smallest absolute Gasteiger partial charge is 0.273 e. The largest absolute Gasteiger partial charge is 0.334 e. The molecule has 1 atom stereocenters. The van der Waals surface area contributed by atoms with Gasteiger partial charge in [-0.2, -0.15) is 5.10 Å².